The Labute approximate surface area is 263 Å². The van der Waals surface area contributed by atoms with Gasteiger partial charge >= 0.3 is 240 Å². The van der Waals surface area contributed by atoms with E-state index < -0.39 is 22.8 Å². The van der Waals surface area contributed by atoms with E-state index in [0.29, 0.717) is 3.63 Å². The summed E-state index contributed by atoms with van der Waals surface area (Å²) < 4.78 is 2.10. The average Bonchev–Trinajstić information content (AvgIpc) is 3.61. The van der Waals surface area contributed by atoms with Gasteiger partial charge in [-0.25, -0.2) is 0 Å². The first-order valence-corrected chi connectivity index (χ1v) is 16.8. The van der Waals surface area contributed by atoms with E-state index in [0.717, 1.165) is 19.3 Å². The predicted octanol–water partition coefficient (Wildman–Crippen LogP) is 3.36. The second-order valence-corrected chi connectivity index (χ2v) is 13.8. The topological polar surface area (TPSA) is 0 Å². The van der Waals surface area contributed by atoms with Crippen LogP contribution in [0.2, 0.25) is 0 Å². The maximum Gasteiger partial charge on any atom is -1.00 e. The minimum Gasteiger partial charge on any atom is -1.00 e. The molecular formula is C37H35Cl2Zr. The maximum absolute atomic E-state index is 2.61. The van der Waals surface area contributed by atoms with Crippen molar-refractivity contribution in [2.45, 2.75) is 49.6 Å². The summed E-state index contributed by atoms with van der Waals surface area (Å²) in [6, 6.07) is 34.4. The molecule has 6 rings (SSSR count). The molecule has 0 saturated heterocycles. The third kappa shape index (κ3) is 5.85. The van der Waals surface area contributed by atoms with Gasteiger partial charge in [0.2, 0.25) is 0 Å². The number of rotatable bonds is 8. The Kier molecular flexibility index (Phi) is 10.8. The Morgan fingerprint density at radius 1 is 0.750 bits per heavy atom. The maximum atomic E-state index is 2.61. The molecule has 2 aliphatic rings. The number of aryl methyl sites for hydroxylation is 1. The summed E-state index contributed by atoms with van der Waals surface area (Å²) in [6.45, 7) is 4.66. The van der Waals surface area contributed by atoms with Crippen LogP contribution in [0.3, 0.4) is 0 Å². The van der Waals surface area contributed by atoms with Gasteiger partial charge in [-0.3, -0.25) is 0 Å². The van der Waals surface area contributed by atoms with Crippen molar-refractivity contribution in [1.82, 2.24) is 0 Å². The monoisotopic (exact) mass is 639 g/mol. The Balaban J connectivity index is 0.00000185. The van der Waals surface area contributed by atoms with E-state index in [4.69, 9.17) is 0 Å². The summed E-state index contributed by atoms with van der Waals surface area (Å²) in [7, 11) is 0. The number of allylic oxidation sites excluding steroid dienone is 4. The first-order valence-electron chi connectivity index (χ1n) is 14.2. The van der Waals surface area contributed by atoms with Gasteiger partial charge in [-0.2, -0.15) is 0 Å². The molecule has 1 atom stereocenters. The Morgan fingerprint density at radius 3 is 1.98 bits per heavy atom. The number of benzene rings is 4. The van der Waals surface area contributed by atoms with Crippen LogP contribution in [0.5, 0.6) is 0 Å². The van der Waals surface area contributed by atoms with Crippen LogP contribution in [-0.2, 0) is 35.6 Å². The van der Waals surface area contributed by atoms with Crippen LogP contribution >= 0.6 is 0 Å². The number of halogens is 2. The molecule has 0 bridgehead atoms. The van der Waals surface area contributed by atoms with Crippen LogP contribution in [0.1, 0.15) is 75.7 Å². The molecule has 0 radical (unpaired) electrons. The van der Waals surface area contributed by atoms with Crippen LogP contribution in [0.4, 0.5) is 0 Å². The fourth-order valence-electron chi connectivity index (χ4n) is 6.31. The van der Waals surface area contributed by atoms with Gasteiger partial charge in [-0.1, -0.05) is 0 Å². The van der Waals surface area contributed by atoms with Crippen molar-refractivity contribution in [3.05, 3.63) is 148 Å². The third-order valence-corrected chi connectivity index (χ3v) is 12.3. The van der Waals surface area contributed by atoms with Crippen LogP contribution in [0, 0.1) is 0 Å². The van der Waals surface area contributed by atoms with Crippen LogP contribution in [0.25, 0.3) is 16.7 Å². The van der Waals surface area contributed by atoms with E-state index in [2.05, 4.69) is 123 Å². The normalized spacial score (nSPS) is 14.3. The summed E-state index contributed by atoms with van der Waals surface area (Å²) >= 11 is -1.13. The van der Waals surface area contributed by atoms with E-state index in [9.17, 15) is 0 Å². The van der Waals surface area contributed by atoms with Gasteiger partial charge in [0.05, 0.1) is 0 Å². The zero-order valence-electron chi connectivity index (χ0n) is 23.3. The molecule has 0 spiro atoms. The molecule has 0 nitrogen and oxygen atoms in total. The summed E-state index contributed by atoms with van der Waals surface area (Å²) in [5, 5.41) is 0. The van der Waals surface area contributed by atoms with Crippen molar-refractivity contribution in [2.75, 3.05) is 0 Å². The molecule has 0 fully saturated rings. The molecule has 0 aromatic heterocycles. The summed E-state index contributed by atoms with van der Waals surface area (Å²) in [5.41, 5.74) is 15.3. The van der Waals surface area contributed by atoms with Crippen molar-refractivity contribution >= 4 is 8.78 Å². The van der Waals surface area contributed by atoms with Gasteiger partial charge in [-0.05, 0) is 0 Å². The van der Waals surface area contributed by atoms with Crippen LogP contribution < -0.4 is 24.8 Å². The van der Waals surface area contributed by atoms with Gasteiger partial charge in [0, 0.05) is 0 Å². The van der Waals surface area contributed by atoms with E-state index >= 15 is 0 Å². The molecule has 0 aliphatic heterocycles. The van der Waals surface area contributed by atoms with Gasteiger partial charge in [0.15, 0.2) is 0 Å². The van der Waals surface area contributed by atoms with E-state index in [1.54, 1.807) is 31.0 Å². The first kappa shape index (κ1) is 30.6. The number of hydrogen-bond donors (Lipinski definition) is 0. The first-order chi connectivity index (χ1) is 18.8. The number of fused-ring (bicyclic) bond motifs is 3. The van der Waals surface area contributed by atoms with Crippen LogP contribution in [0.15, 0.2) is 109 Å². The molecule has 0 heterocycles. The third-order valence-electron chi connectivity index (χ3n) is 7.95. The smallest absolute Gasteiger partial charge is 1.00 e. The van der Waals surface area contributed by atoms with Gasteiger partial charge < -0.3 is 24.8 Å². The van der Waals surface area contributed by atoms with Gasteiger partial charge in [-0.15, -0.1) is 0 Å². The van der Waals surface area contributed by atoms with E-state index in [1.807, 2.05) is 0 Å². The van der Waals surface area contributed by atoms with Crippen LogP contribution in [-0.4, -0.2) is 3.21 Å². The van der Waals surface area contributed by atoms with Crippen molar-refractivity contribution in [2.24, 2.45) is 0 Å². The van der Waals surface area contributed by atoms with Gasteiger partial charge in [0.25, 0.3) is 0 Å². The quantitative estimate of drug-likeness (QED) is 0.277. The molecule has 0 amide bonds. The van der Waals surface area contributed by atoms with Crippen molar-refractivity contribution in [1.29, 1.82) is 0 Å². The zero-order valence-corrected chi connectivity index (χ0v) is 27.2. The Hall–Kier alpha value is -2.31. The summed E-state index contributed by atoms with van der Waals surface area (Å²) in [4.78, 5) is 0. The minimum absolute atomic E-state index is 0. The van der Waals surface area contributed by atoms with Crippen molar-refractivity contribution in [3.8, 4) is 11.1 Å². The van der Waals surface area contributed by atoms with Gasteiger partial charge in [0.1, 0.15) is 0 Å². The standard InChI is InChI=1S/C24H25.C13H10.2ClH.Zr/c1-3-9-18-15-22(17-11-5-6-12-17)23-16-19-13-7-8-14-21(19)24(23)20(18)10-4-2;1-3-7-12(8-4-1)11-13-9-5-2-6-10-13;;;/h5-8,11,13-16H,3-4,9-10,12H2,1-2H3;1-10H;2*1H;/q;;;;+2/p-2. The molecule has 4 aromatic rings. The molecule has 40 heavy (non-hydrogen) atoms. The summed E-state index contributed by atoms with van der Waals surface area (Å²) in [5.74, 6) is 0. The fourth-order valence-corrected chi connectivity index (χ4v) is 10.8. The number of hydrogen-bond acceptors (Lipinski definition) is 0. The zero-order chi connectivity index (χ0) is 25.9. The second kappa shape index (κ2) is 14.0. The molecule has 4 aromatic carbocycles. The largest absolute Gasteiger partial charge is 1.00 e. The SMILES string of the molecule is CCCc1cc(C2=CC=CC2)c2c(c1CCC)-c1ccccc1[CH]2[Zr+2]=[C](c1ccccc1)c1ccccc1.[Cl-].[Cl-]. The van der Waals surface area contributed by atoms with Crippen molar-refractivity contribution < 1.29 is 47.6 Å². The fraction of sp³-hybridized carbons (Fsp3) is 0.216. The predicted molar refractivity (Wildman–Crippen MR) is 160 cm³/mol. The molecule has 0 saturated carbocycles. The minimum atomic E-state index is -1.13. The molecule has 3 heteroatoms. The Morgan fingerprint density at radius 2 is 1.38 bits per heavy atom. The van der Waals surface area contributed by atoms with E-state index in [1.165, 1.54) is 40.7 Å². The van der Waals surface area contributed by atoms with E-state index in [-0.39, 0.29) is 24.8 Å². The van der Waals surface area contributed by atoms with Crippen molar-refractivity contribution in [3.63, 3.8) is 0 Å². The summed E-state index contributed by atoms with van der Waals surface area (Å²) in [6.07, 6.45) is 12.7. The molecule has 1 unspecified atom stereocenters. The molecule has 0 N–H and O–H groups in total. The molecular weight excluding hydrogens is 607 g/mol. The Bertz CT molecular complexity index is 1510. The second-order valence-electron chi connectivity index (χ2n) is 10.4. The average molecular weight is 642 g/mol. The molecule has 201 valence electrons. The molecule has 2 aliphatic carbocycles.